The van der Waals surface area contributed by atoms with E-state index in [9.17, 15) is 9.18 Å². The predicted octanol–water partition coefficient (Wildman–Crippen LogP) is 5.22. The largest absolute Gasteiger partial charge is 0.467 e. The van der Waals surface area contributed by atoms with Crippen LogP contribution >= 0.6 is 0 Å². The Morgan fingerprint density at radius 3 is 2.74 bits per heavy atom. The van der Waals surface area contributed by atoms with Crippen molar-refractivity contribution in [2.75, 3.05) is 28.2 Å². The third kappa shape index (κ3) is 3.78. The van der Waals surface area contributed by atoms with Gasteiger partial charge in [0.2, 0.25) is 0 Å². The Balaban J connectivity index is 1.32. The number of halogens is 1. The molecule has 1 fully saturated rings. The van der Waals surface area contributed by atoms with Crippen LogP contribution in [0, 0.1) is 5.82 Å². The van der Waals surface area contributed by atoms with Gasteiger partial charge in [-0.3, -0.25) is 4.79 Å². The minimum absolute atomic E-state index is 0.294. The van der Waals surface area contributed by atoms with Crippen molar-refractivity contribution in [3.63, 3.8) is 0 Å². The van der Waals surface area contributed by atoms with Crippen molar-refractivity contribution >= 4 is 23.0 Å². The van der Waals surface area contributed by atoms with Gasteiger partial charge in [0.25, 0.3) is 5.91 Å². The first kappa shape index (κ1) is 19.7. The van der Waals surface area contributed by atoms with Crippen molar-refractivity contribution in [2.45, 2.75) is 38.8 Å². The van der Waals surface area contributed by atoms with Crippen LogP contribution in [0.5, 0.6) is 0 Å². The average Bonchev–Trinajstić information content (AvgIpc) is 3.50. The maximum Gasteiger partial charge on any atom is 0.259 e. The summed E-state index contributed by atoms with van der Waals surface area (Å²) in [6.07, 6.45) is 4.68. The summed E-state index contributed by atoms with van der Waals surface area (Å²) in [4.78, 5) is 17.2. The Hall–Kier alpha value is -3.28. The number of carbonyl (C=O) groups excluding carboxylic acids is 1. The van der Waals surface area contributed by atoms with Gasteiger partial charge < -0.3 is 19.5 Å². The fraction of sp³-hybridized carbons (Fsp3) is 0.320. The molecule has 5 rings (SSSR count). The first-order chi connectivity index (χ1) is 15.1. The minimum atomic E-state index is -0.311. The van der Waals surface area contributed by atoms with Crippen molar-refractivity contribution in [3.8, 4) is 0 Å². The fourth-order valence-electron chi connectivity index (χ4n) is 4.69. The monoisotopic (exact) mass is 419 g/mol. The van der Waals surface area contributed by atoms with Crippen molar-refractivity contribution in [2.24, 2.45) is 0 Å². The van der Waals surface area contributed by atoms with E-state index in [0.29, 0.717) is 35.3 Å². The molecule has 1 aromatic heterocycles. The topological polar surface area (TPSA) is 48.7 Å². The number of para-hydroxylation sites is 1. The van der Waals surface area contributed by atoms with Gasteiger partial charge in [-0.2, -0.15) is 0 Å². The predicted molar refractivity (Wildman–Crippen MR) is 120 cm³/mol. The summed E-state index contributed by atoms with van der Waals surface area (Å²) in [6.45, 7) is 4.43. The Labute approximate surface area is 181 Å². The molecular weight excluding hydrogens is 393 g/mol. The molecule has 1 saturated heterocycles. The third-order valence-electron chi connectivity index (χ3n) is 6.30. The maximum atomic E-state index is 14.6. The normalized spacial score (nSPS) is 17.8. The number of carbonyl (C=O) groups is 1. The van der Waals surface area contributed by atoms with E-state index in [1.807, 2.05) is 11.0 Å². The molecule has 2 aliphatic rings. The van der Waals surface area contributed by atoms with Crippen LogP contribution in [0.3, 0.4) is 0 Å². The number of anilines is 3. The standard InChI is InChI=1S/C25H26FN3O2/c1-17-14-18-6-2-3-7-22(18)29(17)16-24-20(10-13-31-24)25(30)27-19-8-9-23(21(26)15-19)28-11-4-5-12-28/h2-3,6-10,13,15,17H,4-5,11-12,14,16H2,1H3,(H,27,30). The minimum Gasteiger partial charge on any atom is -0.467 e. The Morgan fingerprint density at radius 2 is 1.94 bits per heavy atom. The van der Waals surface area contributed by atoms with Crippen LogP contribution in [-0.4, -0.2) is 25.0 Å². The number of benzene rings is 2. The highest BCUT2D eigenvalue weighted by molar-refractivity contribution is 6.05. The third-order valence-corrected chi connectivity index (χ3v) is 6.30. The van der Waals surface area contributed by atoms with Gasteiger partial charge >= 0.3 is 0 Å². The van der Waals surface area contributed by atoms with Crippen molar-refractivity contribution < 1.29 is 13.6 Å². The smallest absolute Gasteiger partial charge is 0.259 e. The van der Waals surface area contributed by atoms with Gasteiger partial charge in [-0.25, -0.2) is 4.39 Å². The van der Waals surface area contributed by atoms with E-state index in [2.05, 4.69) is 35.3 Å². The van der Waals surface area contributed by atoms with Crippen molar-refractivity contribution in [1.82, 2.24) is 0 Å². The van der Waals surface area contributed by atoms with Crippen molar-refractivity contribution in [1.29, 1.82) is 0 Å². The number of amides is 1. The molecule has 1 unspecified atom stereocenters. The van der Waals surface area contributed by atoms with Crippen LogP contribution in [0.2, 0.25) is 0 Å². The van der Waals surface area contributed by atoms with E-state index in [1.165, 1.54) is 23.6 Å². The van der Waals surface area contributed by atoms with Crippen LogP contribution in [0.1, 0.15) is 41.4 Å². The quantitative estimate of drug-likeness (QED) is 0.616. The van der Waals surface area contributed by atoms with Gasteiger partial charge in [0.1, 0.15) is 11.6 Å². The van der Waals surface area contributed by atoms with Crippen LogP contribution in [0.25, 0.3) is 0 Å². The molecule has 3 heterocycles. The zero-order valence-electron chi connectivity index (χ0n) is 17.6. The van der Waals surface area contributed by atoms with E-state index < -0.39 is 0 Å². The van der Waals surface area contributed by atoms with Gasteiger partial charge in [0.15, 0.2) is 0 Å². The zero-order chi connectivity index (χ0) is 21.4. The highest BCUT2D eigenvalue weighted by Crippen LogP contribution is 2.34. The van der Waals surface area contributed by atoms with Gasteiger partial charge in [-0.15, -0.1) is 0 Å². The summed E-state index contributed by atoms with van der Waals surface area (Å²) in [5, 5.41) is 2.82. The van der Waals surface area contributed by atoms with E-state index in [1.54, 1.807) is 18.2 Å². The van der Waals surface area contributed by atoms with Gasteiger partial charge in [-0.1, -0.05) is 18.2 Å². The first-order valence-electron chi connectivity index (χ1n) is 10.9. The summed E-state index contributed by atoms with van der Waals surface area (Å²) < 4.78 is 20.3. The van der Waals surface area contributed by atoms with Crippen LogP contribution in [0.4, 0.5) is 21.5 Å². The molecular formula is C25H26FN3O2. The molecule has 0 aliphatic carbocycles. The van der Waals surface area contributed by atoms with Crippen molar-refractivity contribution in [3.05, 3.63) is 77.5 Å². The fourth-order valence-corrected chi connectivity index (χ4v) is 4.69. The number of furan rings is 1. The Kier molecular flexibility index (Phi) is 5.14. The Morgan fingerprint density at radius 1 is 1.13 bits per heavy atom. The summed E-state index contributed by atoms with van der Waals surface area (Å²) >= 11 is 0. The number of rotatable bonds is 5. The molecule has 31 heavy (non-hydrogen) atoms. The highest BCUT2D eigenvalue weighted by Gasteiger charge is 2.28. The summed E-state index contributed by atoms with van der Waals surface area (Å²) in [6, 6.07) is 15.2. The van der Waals surface area contributed by atoms with E-state index in [-0.39, 0.29) is 11.7 Å². The molecule has 2 aliphatic heterocycles. The molecule has 1 N–H and O–H groups in total. The second-order valence-corrected chi connectivity index (χ2v) is 8.38. The lowest BCUT2D eigenvalue weighted by molar-refractivity contribution is 0.102. The molecule has 3 aromatic rings. The first-order valence-corrected chi connectivity index (χ1v) is 10.9. The summed E-state index contributed by atoms with van der Waals surface area (Å²) in [5.41, 5.74) is 4.00. The number of hydrogen-bond acceptors (Lipinski definition) is 4. The zero-order valence-corrected chi connectivity index (χ0v) is 17.6. The molecule has 1 amide bonds. The highest BCUT2D eigenvalue weighted by atomic mass is 19.1. The molecule has 1 atom stereocenters. The molecule has 2 aromatic carbocycles. The Bertz CT molecular complexity index is 1100. The second-order valence-electron chi connectivity index (χ2n) is 8.38. The van der Waals surface area contributed by atoms with E-state index in [0.717, 1.165) is 32.4 Å². The number of nitrogens with one attached hydrogen (secondary N) is 1. The molecule has 0 spiro atoms. The molecule has 0 radical (unpaired) electrons. The van der Waals surface area contributed by atoms with Crippen LogP contribution < -0.4 is 15.1 Å². The maximum absolute atomic E-state index is 14.6. The molecule has 5 nitrogen and oxygen atoms in total. The molecule has 0 saturated carbocycles. The molecule has 6 heteroatoms. The number of fused-ring (bicyclic) bond motifs is 1. The van der Waals surface area contributed by atoms with E-state index >= 15 is 0 Å². The lowest BCUT2D eigenvalue weighted by Crippen LogP contribution is -2.29. The van der Waals surface area contributed by atoms with Gasteiger partial charge in [-0.05, 0) is 62.1 Å². The lowest BCUT2D eigenvalue weighted by Gasteiger charge is -2.24. The summed E-state index contributed by atoms with van der Waals surface area (Å²) in [7, 11) is 0. The number of nitrogens with zero attached hydrogens (tertiary/aromatic N) is 2. The van der Waals surface area contributed by atoms with E-state index in [4.69, 9.17) is 4.42 Å². The lowest BCUT2D eigenvalue weighted by atomic mass is 10.1. The molecule has 160 valence electrons. The SMILES string of the molecule is CC1Cc2ccccc2N1Cc1occc1C(=O)Nc1ccc(N2CCCC2)c(F)c1. The van der Waals surface area contributed by atoms with Gasteiger partial charge in [0.05, 0.1) is 24.1 Å². The molecule has 0 bridgehead atoms. The van der Waals surface area contributed by atoms with Crippen LogP contribution in [0.15, 0.2) is 59.2 Å². The number of hydrogen-bond donors (Lipinski definition) is 1. The second kappa shape index (κ2) is 8.10. The summed E-state index contributed by atoms with van der Waals surface area (Å²) in [5.74, 6) is 0.00188. The van der Waals surface area contributed by atoms with Crippen LogP contribution in [-0.2, 0) is 13.0 Å². The van der Waals surface area contributed by atoms with Gasteiger partial charge in [0, 0.05) is 30.5 Å². The average molecular weight is 420 g/mol.